The van der Waals surface area contributed by atoms with Gasteiger partial charge in [0.2, 0.25) is 12.6 Å². The summed E-state index contributed by atoms with van der Waals surface area (Å²) in [5.41, 5.74) is -0.322. The van der Waals surface area contributed by atoms with Crippen LogP contribution in [0.15, 0.2) is 0 Å². The van der Waals surface area contributed by atoms with Crippen LogP contribution in [-0.4, -0.2) is 21.9 Å². The lowest BCUT2D eigenvalue weighted by Crippen LogP contribution is -1.95. The molecule has 0 aliphatic rings. The molecule has 0 spiro atoms. The van der Waals surface area contributed by atoms with Crippen molar-refractivity contribution in [1.82, 2.24) is 0 Å². The molecule has 0 aromatic rings. The molecule has 0 saturated carbocycles. The van der Waals surface area contributed by atoms with Crippen LogP contribution in [0, 0.1) is 0 Å². The van der Waals surface area contributed by atoms with Crippen molar-refractivity contribution in [2.45, 2.75) is 6.42 Å². The van der Waals surface area contributed by atoms with E-state index in [1.165, 1.54) is 0 Å². The standard InChI is InChI=1S/C4H7Cl2O3P.ClH/c5-3-10(8,9)2-1-4(6)7;/h1-3H2,(H,8,9);1H. The molecule has 0 bridgehead atoms. The summed E-state index contributed by atoms with van der Waals surface area (Å²) in [6.45, 7) is 0. The van der Waals surface area contributed by atoms with Crippen molar-refractivity contribution >= 4 is 48.2 Å². The van der Waals surface area contributed by atoms with Crippen LogP contribution in [0.5, 0.6) is 0 Å². The second-order valence-electron chi connectivity index (χ2n) is 1.79. The predicted octanol–water partition coefficient (Wildman–Crippen LogP) is 2.03. The van der Waals surface area contributed by atoms with E-state index in [4.69, 9.17) is 28.1 Å². The third-order valence-corrected chi connectivity index (χ3v) is 3.45. The average Bonchev–Trinajstić information content (AvgIpc) is 1.85. The average molecular weight is 241 g/mol. The molecular weight excluding hydrogens is 233 g/mol. The third-order valence-electron chi connectivity index (χ3n) is 0.845. The normalized spacial score (nSPS) is 14.8. The number of alkyl halides is 1. The lowest BCUT2D eigenvalue weighted by Gasteiger charge is -2.03. The Hall–Kier alpha value is 0.730. The van der Waals surface area contributed by atoms with Gasteiger partial charge >= 0.3 is 0 Å². The summed E-state index contributed by atoms with van der Waals surface area (Å²) in [6.07, 6.45) is -0.221. The van der Waals surface area contributed by atoms with E-state index in [1.807, 2.05) is 0 Å². The Morgan fingerprint density at radius 1 is 1.55 bits per heavy atom. The Bertz CT molecular complexity index is 172. The second-order valence-corrected chi connectivity index (χ2v) is 5.31. The summed E-state index contributed by atoms with van der Waals surface area (Å²) in [7, 11) is -3.27. The minimum Gasteiger partial charge on any atom is -0.343 e. The number of hydrogen-bond donors (Lipinski definition) is 1. The summed E-state index contributed by atoms with van der Waals surface area (Å²) >= 11 is 10.0. The van der Waals surface area contributed by atoms with E-state index in [0.717, 1.165) is 0 Å². The Kier molecular flexibility index (Phi) is 8.13. The van der Waals surface area contributed by atoms with Gasteiger partial charge in [0.15, 0.2) is 0 Å². The number of carbonyl (C=O) groups excluding carboxylic acids is 1. The first-order valence-electron chi connectivity index (χ1n) is 2.53. The summed E-state index contributed by atoms with van der Waals surface area (Å²) in [5.74, 6) is 0. The molecule has 0 saturated heterocycles. The second kappa shape index (κ2) is 6.27. The fraction of sp³-hybridized carbons (Fsp3) is 0.750. The van der Waals surface area contributed by atoms with Gasteiger partial charge in [-0.2, -0.15) is 0 Å². The molecule has 0 aliphatic carbocycles. The molecule has 0 amide bonds. The summed E-state index contributed by atoms with van der Waals surface area (Å²) in [6, 6.07) is 0. The van der Waals surface area contributed by atoms with Gasteiger partial charge in [-0.25, -0.2) is 0 Å². The summed E-state index contributed by atoms with van der Waals surface area (Å²) in [4.78, 5) is 18.9. The topological polar surface area (TPSA) is 54.4 Å². The highest BCUT2D eigenvalue weighted by molar-refractivity contribution is 7.59. The van der Waals surface area contributed by atoms with Gasteiger partial charge in [-0.15, -0.1) is 24.0 Å². The minimum atomic E-state index is -3.27. The van der Waals surface area contributed by atoms with Crippen LogP contribution < -0.4 is 0 Å². The maximum Gasteiger partial charge on any atom is 0.222 e. The summed E-state index contributed by atoms with van der Waals surface area (Å²) < 4.78 is 10.7. The van der Waals surface area contributed by atoms with Crippen molar-refractivity contribution < 1.29 is 14.3 Å². The zero-order chi connectivity index (χ0) is 8.20. The van der Waals surface area contributed by atoms with Crippen molar-refractivity contribution in [3.63, 3.8) is 0 Å². The van der Waals surface area contributed by atoms with Gasteiger partial charge < -0.3 is 4.89 Å². The maximum atomic E-state index is 10.7. The van der Waals surface area contributed by atoms with Crippen LogP contribution >= 0.6 is 43.0 Å². The highest BCUT2D eigenvalue weighted by atomic mass is 35.5. The first kappa shape index (κ1) is 14.3. The maximum absolute atomic E-state index is 10.7. The van der Waals surface area contributed by atoms with Crippen molar-refractivity contribution in [3.05, 3.63) is 0 Å². The van der Waals surface area contributed by atoms with E-state index in [2.05, 4.69) is 0 Å². The molecule has 1 unspecified atom stereocenters. The Balaban J connectivity index is 0. The smallest absolute Gasteiger partial charge is 0.222 e. The van der Waals surface area contributed by atoms with Crippen molar-refractivity contribution in [2.75, 3.05) is 11.8 Å². The van der Waals surface area contributed by atoms with Crippen LogP contribution in [0.2, 0.25) is 0 Å². The van der Waals surface area contributed by atoms with Crippen molar-refractivity contribution in [1.29, 1.82) is 0 Å². The van der Waals surface area contributed by atoms with E-state index in [1.54, 1.807) is 0 Å². The van der Waals surface area contributed by atoms with Gasteiger partial charge in [0.05, 0.1) is 5.62 Å². The highest BCUT2D eigenvalue weighted by Crippen LogP contribution is 2.41. The van der Waals surface area contributed by atoms with E-state index in [0.29, 0.717) is 0 Å². The van der Waals surface area contributed by atoms with Crippen LogP contribution in [0.1, 0.15) is 6.42 Å². The van der Waals surface area contributed by atoms with E-state index >= 15 is 0 Å². The van der Waals surface area contributed by atoms with E-state index in [9.17, 15) is 9.36 Å². The minimum absolute atomic E-state index is 0. The Morgan fingerprint density at radius 2 is 2.00 bits per heavy atom. The zero-order valence-electron chi connectivity index (χ0n) is 5.50. The van der Waals surface area contributed by atoms with Gasteiger partial charge in [-0.3, -0.25) is 9.36 Å². The van der Waals surface area contributed by atoms with Crippen LogP contribution in [-0.2, 0) is 9.36 Å². The van der Waals surface area contributed by atoms with E-state index in [-0.39, 0.29) is 30.6 Å². The quantitative estimate of drug-likeness (QED) is 0.465. The molecule has 7 heteroatoms. The number of hydrogen-bond acceptors (Lipinski definition) is 2. The molecule has 0 aromatic carbocycles. The first-order valence-corrected chi connectivity index (χ1v) is 5.47. The Labute approximate surface area is 80.9 Å². The van der Waals surface area contributed by atoms with Gasteiger partial charge in [0, 0.05) is 12.6 Å². The zero-order valence-corrected chi connectivity index (χ0v) is 8.72. The monoisotopic (exact) mass is 240 g/mol. The van der Waals surface area contributed by atoms with Gasteiger partial charge in [0.1, 0.15) is 0 Å². The van der Waals surface area contributed by atoms with Crippen molar-refractivity contribution in [3.8, 4) is 0 Å². The van der Waals surface area contributed by atoms with Gasteiger partial charge in [0.25, 0.3) is 0 Å². The SMILES string of the molecule is Cl.O=C(Cl)CCP(=O)(O)CCl. The molecule has 0 rings (SSSR count). The number of carbonyl (C=O) groups is 1. The van der Waals surface area contributed by atoms with Crippen LogP contribution in [0.3, 0.4) is 0 Å². The van der Waals surface area contributed by atoms with Crippen LogP contribution in [0.25, 0.3) is 0 Å². The lowest BCUT2D eigenvalue weighted by molar-refractivity contribution is -0.111. The molecule has 3 nitrogen and oxygen atoms in total. The third kappa shape index (κ3) is 8.64. The molecule has 0 heterocycles. The number of rotatable bonds is 4. The molecule has 0 aromatic heterocycles. The summed E-state index contributed by atoms with van der Waals surface area (Å²) in [5, 5.41) is -0.612. The number of halogens is 3. The van der Waals surface area contributed by atoms with Crippen LogP contribution in [0.4, 0.5) is 0 Å². The highest BCUT2D eigenvalue weighted by Gasteiger charge is 2.16. The van der Waals surface area contributed by atoms with E-state index < -0.39 is 12.6 Å². The molecule has 68 valence electrons. The first-order chi connectivity index (χ1) is 4.48. The molecule has 0 fully saturated rings. The van der Waals surface area contributed by atoms with Crippen molar-refractivity contribution in [2.24, 2.45) is 0 Å². The molecule has 0 aliphatic heterocycles. The largest absolute Gasteiger partial charge is 0.343 e. The Morgan fingerprint density at radius 3 is 2.27 bits per heavy atom. The fourth-order valence-corrected chi connectivity index (χ4v) is 1.58. The molecular formula is C4H8Cl3O3P. The lowest BCUT2D eigenvalue weighted by atomic mass is 10.6. The molecule has 1 atom stereocenters. The van der Waals surface area contributed by atoms with Gasteiger partial charge in [-0.1, -0.05) is 0 Å². The molecule has 0 radical (unpaired) electrons. The fourth-order valence-electron chi connectivity index (χ4n) is 0.322. The molecule has 1 N–H and O–H groups in total. The molecule has 11 heavy (non-hydrogen) atoms. The van der Waals surface area contributed by atoms with Gasteiger partial charge in [-0.05, 0) is 11.6 Å². The predicted molar refractivity (Wildman–Crippen MR) is 48.1 cm³/mol.